The molecule has 0 unspecified atom stereocenters. The molecule has 1 N–H and O–H groups in total. The molecule has 68 valence electrons. The Morgan fingerprint density at radius 1 is 1.46 bits per heavy atom. The van der Waals surface area contributed by atoms with Crippen molar-refractivity contribution >= 4 is 5.97 Å². The third kappa shape index (κ3) is 1.08. The summed E-state index contributed by atoms with van der Waals surface area (Å²) in [7, 11) is 0. The van der Waals surface area contributed by atoms with Crippen LogP contribution in [-0.4, -0.2) is 34.3 Å². The Balaban J connectivity index is 2.38. The molecule has 1 aromatic rings. The van der Waals surface area contributed by atoms with E-state index in [2.05, 4.69) is 9.97 Å². The number of hydrogen-bond donors (Lipinski definition) is 1. The van der Waals surface area contributed by atoms with Crippen LogP contribution in [0, 0.1) is 0 Å². The molecule has 1 aromatic heterocycles. The van der Waals surface area contributed by atoms with Gasteiger partial charge in [-0.25, -0.2) is 9.97 Å². The average molecular weight is 180 g/mol. The Bertz CT molecular complexity index is 321. The molecule has 0 spiro atoms. The molecule has 1 aliphatic rings. The summed E-state index contributed by atoms with van der Waals surface area (Å²) in [5, 5.41) is 8.98. The number of carbonyl (C=O) groups is 1. The van der Waals surface area contributed by atoms with Crippen LogP contribution in [0.5, 0.6) is 0 Å². The number of rotatable bonds is 2. The average Bonchev–Trinajstić information content (AvgIpc) is 2.03. The summed E-state index contributed by atoms with van der Waals surface area (Å²) in [6, 6.07) is 1.65. The van der Waals surface area contributed by atoms with Gasteiger partial charge in [-0.15, -0.1) is 0 Å². The van der Waals surface area contributed by atoms with Crippen LogP contribution < -0.4 is 0 Å². The van der Waals surface area contributed by atoms with Crippen LogP contribution in [0.15, 0.2) is 18.5 Å². The Hall–Kier alpha value is -1.49. The van der Waals surface area contributed by atoms with Crippen molar-refractivity contribution in [1.29, 1.82) is 0 Å². The molecule has 1 saturated heterocycles. The maximum absolute atomic E-state index is 10.9. The highest BCUT2D eigenvalue weighted by atomic mass is 16.5. The van der Waals surface area contributed by atoms with Crippen LogP contribution in [0.3, 0.4) is 0 Å². The van der Waals surface area contributed by atoms with Crippen LogP contribution in [-0.2, 0) is 14.9 Å². The molecule has 2 heterocycles. The summed E-state index contributed by atoms with van der Waals surface area (Å²) in [6.07, 6.45) is 3.07. The predicted octanol–water partition coefficient (Wildman–Crippen LogP) is -0.171. The lowest BCUT2D eigenvalue weighted by atomic mass is 9.85. The van der Waals surface area contributed by atoms with Crippen molar-refractivity contribution in [1.82, 2.24) is 9.97 Å². The van der Waals surface area contributed by atoms with E-state index >= 15 is 0 Å². The lowest BCUT2D eigenvalue weighted by molar-refractivity contribution is -0.164. The van der Waals surface area contributed by atoms with Crippen molar-refractivity contribution in [3.05, 3.63) is 24.3 Å². The van der Waals surface area contributed by atoms with Crippen molar-refractivity contribution in [3.8, 4) is 0 Å². The van der Waals surface area contributed by atoms with Crippen LogP contribution >= 0.6 is 0 Å². The molecule has 0 bridgehead atoms. The van der Waals surface area contributed by atoms with Gasteiger partial charge in [-0.2, -0.15) is 0 Å². The monoisotopic (exact) mass is 180 g/mol. The molecule has 13 heavy (non-hydrogen) atoms. The van der Waals surface area contributed by atoms with Gasteiger partial charge in [-0.05, 0) is 6.07 Å². The SMILES string of the molecule is O=C(O)C1(c2ncccn2)COC1. The normalized spacial score (nSPS) is 19.1. The van der Waals surface area contributed by atoms with Crippen molar-refractivity contribution in [2.24, 2.45) is 0 Å². The van der Waals surface area contributed by atoms with Crippen LogP contribution in [0.4, 0.5) is 0 Å². The number of aromatic nitrogens is 2. The zero-order valence-corrected chi connectivity index (χ0v) is 6.80. The second kappa shape index (κ2) is 2.77. The molecule has 0 amide bonds. The lowest BCUT2D eigenvalue weighted by Crippen LogP contribution is -2.54. The molecular weight excluding hydrogens is 172 g/mol. The minimum Gasteiger partial charge on any atom is -0.480 e. The number of aliphatic carboxylic acids is 1. The fraction of sp³-hybridized carbons (Fsp3) is 0.375. The first kappa shape index (κ1) is 8.12. The maximum atomic E-state index is 10.9. The summed E-state index contributed by atoms with van der Waals surface area (Å²) in [4.78, 5) is 18.8. The molecule has 0 aliphatic carbocycles. The van der Waals surface area contributed by atoms with E-state index in [0.29, 0.717) is 5.82 Å². The molecule has 1 aliphatic heterocycles. The molecular formula is C8H8N2O3. The van der Waals surface area contributed by atoms with E-state index in [-0.39, 0.29) is 13.2 Å². The van der Waals surface area contributed by atoms with E-state index in [1.54, 1.807) is 6.07 Å². The zero-order valence-electron chi connectivity index (χ0n) is 6.80. The van der Waals surface area contributed by atoms with Crippen molar-refractivity contribution in [2.75, 3.05) is 13.2 Å². The molecule has 5 nitrogen and oxygen atoms in total. The third-order valence-electron chi connectivity index (χ3n) is 2.10. The predicted molar refractivity (Wildman–Crippen MR) is 42.2 cm³/mol. The number of ether oxygens (including phenoxy) is 1. The standard InChI is InChI=1S/C8H8N2O3/c11-7(12)8(4-13-5-8)6-9-2-1-3-10-6/h1-3H,4-5H2,(H,11,12). The van der Waals surface area contributed by atoms with Gasteiger partial charge < -0.3 is 9.84 Å². The highest BCUT2D eigenvalue weighted by Crippen LogP contribution is 2.29. The third-order valence-corrected chi connectivity index (χ3v) is 2.10. The van der Waals surface area contributed by atoms with Gasteiger partial charge in [0.05, 0.1) is 13.2 Å². The summed E-state index contributed by atoms with van der Waals surface area (Å²) < 4.78 is 4.89. The summed E-state index contributed by atoms with van der Waals surface area (Å²) in [5.74, 6) is -0.598. The fourth-order valence-corrected chi connectivity index (χ4v) is 1.20. The number of carboxylic acid groups (broad SMARTS) is 1. The molecule has 0 aromatic carbocycles. The van der Waals surface area contributed by atoms with E-state index in [0.717, 1.165) is 0 Å². The highest BCUT2D eigenvalue weighted by Gasteiger charge is 2.50. The Morgan fingerprint density at radius 3 is 2.46 bits per heavy atom. The summed E-state index contributed by atoms with van der Waals surface area (Å²) in [5.41, 5.74) is -1.01. The second-order valence-electron chi connectivity index (χ2n) is 2.95. The Morgan fingerprint density at radius 2 is 2.08 bits per heavy atom. The van der Waals surface area contributed by atoms with Crippen molar-refractivity contribution < 1.29 is 14.6 Å². The number of carboxylic acids is 1. The molecule has 5 heteroatoms. The molecule has 1 fully saturated rings. The van der Waals surface area contributed by atoms with Gasteiger partial charge >= 0.3 is 5.97 Å². The van der Waals surface area contributed by atoms with E-state index in [1.165, 1.54) is 12.4 Å². The van der Waals surface area contributed by atoms with E-state index < -0.39 is 11.4 Å². The van der Waals surface area contributed by atoms with Crippen LogP contribution in [0.2, 0.25) is 0 Å². The van der Waals surface area contributed by atoms with Gasteiger partial charge in [-0.1, -0.05) is 0 Å². The van der Waals surface area contributed by atoms with Crippen molar-refractivity contribution in [2.45, 2.75) is 5.41 Å². The lowest BCUT2D eigenvalue weighted by Gasteiger charge is -2.35. The minimum absolute atomic E-state index is 0.159. The molecule has 0 saturated carbocycles. The van der Waals surface area contributed by atoms with E-state index in [4.69, 9.17) is 9.84 Å². The van der Waals surface area contributed by atoms with Gasteiger partial charge in [0, 0.05) is 12.4 Å². The quantitative estimate of drug-likeness (QED) is 0.684. The Kier molecular flexibility index (Phi) is 1.73. The fourth-order valence-electron chi connectivity index (χ4n) is 1.20. The van der Waals surface area contributed by atoms with Crippen molar-refractivity contribution in [3.63, 3.8) is 0 Å². The molecule has 2 rings (SSSR count). The minimum atomic E-state index is -1.01. The summed E-state index contributed by atoms with van der Waals surface area (Å²) in [6.45, 7) is 0.318. The first-order valence-electron chi connectivity index (χ1n) is 3.84. The second-order valence-corrected chi connectivity index (χ2v) is 2.95. The first-order valence-corrected chi connectivity index (χ1v) is 3.84. The molecule has 0 atom stereocenters. The van der Waals surface area contributed by atoms with E-state index in [1.807, 2.05) is 0 Å². The maximum Gasteiger partial charge on any atom is 0.322 e. The van der Waals surface area contributed by atoms with Gasteiger partial charge in [-0.3, -0.25) is 4.79 Å². The number of hydrogen-bond acceptors (Lipinski definition) is 4. The van der Waals surface area contributed by atoms with E-state index in [9.17, 15) is 4.79 Å². The van der Waals surface area contributed by atoms with Crippen LogP contribution in [0.25, 0.3) is 0 Å². The zero-order chi connectivity index (χ0) is 9.31. The molecule has 0 radical (unpaired) electrons. The summed E-state index contributed by atoms with van der Waals surface area (Å²) >= 11 is 0. The first-order chi connectivity index (χ1) is 6.26. The van der Waals surface area contributed by atoms with Crippen LogP contribution in [0.1, 0.15) is 5.82 Å². The highest BCUT2D eigenvalue weighted by molar-refractivity contribution is 5.81. The van der Waals surface area contributed by atoms with Gasteiger partial charge in [0.25, 0.3) is 0 Å². The smallest absolute Gasteiger partial charge is 0.322 e. The number of nitrogens with zero attached hydrogens (tertiary/aromatic N) is 2. The largest absolute Gasteiger partial charge is 0.480 e. The van der Waals surface area contributed by atoms with Gasteiger partial charge in [0.15, 0.2) is 5.41 Å². The van der Waals surface area contributed by atoms with Gasteiger partial charge in [0.1, 0.15) is 5.82 Å². The van der Waals surface area contributed by atoms with Gasteiger partial charge in [0.2, 0.25) is 0 Å². The Labute approximate surface area is 74.4 Å². The topological polar surface area (TPSA) is 72.3 Å².